The number of phenols is 1. The van der Waals surface area contributed by atoms with Gasteiger partial charge in [-0.15, -0.1) is 0 Å². The van der Waals surface area contributed by atoms with Crippen molar-refractivity contribution in [3.05, 3.63) is 29.8 Å². The Bertz CT molecular complexity index is 1010. The van der Waals surface area contributed by atoms with Crippen LogP contribution in [0.3, 0.4) is 0 Å². The molecule has 4 N–H and O–H groups in total. The lowest BCUT2D eigenvalue weighted by Crippen LogP contribution is -2.62. The molecular weight excluding hydrogens is 488 g/mol. The summed E-state index contributed by atoms with van der Waals surface area (Å²) in [5.41, 5.74) is 2.25. The Kier molecular flexibility index (Phi) is 10.3. The maximum absolute atomic E-state index is 13.7. The minimum Gasteiger partial charge on any atom is -0.508 e. The molecule has 212 valence electrons. The van der Waals surface area contributed by atoms with Crippen molar-refractivity contribution in [2.24, 2.45) is 11.3 Å². The van der Waals surface area contributed by atoms with E-state index >= 15 is 0 Å². The Balaban J connectivity index is 2.27. The molecule has 0 aliphatic carbocycles. The van der Waals surface area contributed by atoms with Gasteiger partial charge in [0.05, 0.1) is 0 Å². The SMILES string of the molecule is CC(C)C(NC(=O)C(C)(C)C)C(=O)N[C@@H](Cc1cccc(O)c1)C(=O)N1CCCC(C(=O)OC(C)(C)C)N1. The highest BCUT2D eigenvalue weighted by atomic mass is 16.6. The number of hydrogen-bond donors (Lipinski definition) is 4. The largest absolute Gasteiger partial charge is 0.508 e. The second kappa shape index (κ2) is 12.6. The molecule has 0 saturated carbocycles. The molecule has 10 heteroatoms. The lowest BCUT2D eigenvalue weighted by Gasteiger charge is -2.36. The molecule has 38 heavy (non-hydrogen) atoms. The van der Waals surface area contributed by atoms with Crippen molar-refractivity contribution in [2.75, 3.05) is 6.54 Å². The molecule has 1 aromatic carbocycles. The number of esters is 1. The van der Waals surface area contributed by atoms with E-state index in [1.54, 1.807) is 53.7 Å². The molecule has 3 atom stereocenters. The van der Waals surface area contributed by atoms with Crippen LogP contribution in [0.15, 0.2) is 24.3 Å². The number of carbonyl (C=O) groups is 4. The van der Waals surface area contributed by atoms with E-state index in [4.69, 9.17) is 4.74 Å². The molecule has 1 aliphatic heterocycles. The van der Waals surface area contributed by atoms with Crippen LogP contribution in [-0.2, 0) is 30.3 Å². The van der Waals surface area contributed by atoms with Gasteiger partial charge in [0.15, 0.2) is 0 Å². The van der Waals surface area contributed by atoms with Crippen molar-refractivity contribution in [3.8, 4) is 5.75 Å². The lowest BCUT2D eigenvalue weighted by molar-refractivity contribution is -0.162. The number of rotatable bonds is 8. The van der Waals surface area contributed by atoms with E-state index in [0.717, 1.165) is 0 Å². The van der Waals surface area contributed by atoms with Crippen LogP contribution in [-0.4, -0.2) is 64.1 Å². The van der Waals surface area contributed by atoms with Gasteiger partial charge in [-0.2, -0.15) is 0 Å². The first kappa shape index (κ1) is 31.1. The van der Waals surface area contributed by atoms with Gasteiger partial charge in [0.1, 0.15) is 29.5 Å². The average molecular weight is 533 g/mol. The van der Waals surface area contributed by atoms with E-state index < -0.39 is 46.9 Å². The van der Waals surface area contributed by atoms with Gasteiger partial charge in [-0.25, -0.2) is 5.43 Å². The topological polar surface area (TPSA) is 137 Å². The van der Waals surface area contributed by atoms with Gasteiger partial charge in [0.25, 0.3) is 5.91 Å². The van der Waals surface area contributed by atoms with Crippen LogP contribution in [0.25, 0.3) is 0 Å². The molecule has 1 aliphatic rings. The average Bonchev–Trinajstić information content (AvgIpc) is 2.79. The zero-order chi connectivity index (χ0) is 28.8. The molecule has 0 bridgehead atoms. The van der Waals surface area contributed by atoms with Gasteiger partial charge in [0.2, 0.25) is 11.8 Å². The predicted octanol–water partition coefficient (Wildman–Crippen LogP) is 2.44. The second-order valence-electron chi connectivity index (χ2n) is 12.2. The minimum absolute atomic E-state index is 0.0404. The van der Waals surface area contributed by atoms with Crippen molar-refractivity contribution in [3.63, 3.8) is 0 Å². The van der Waals surface area contributed by atoms with E-state index in [-0.39, 0.29) is 24.0 Å². The third-order valence-electron chi connectivity index (χ3n) is 6.03. The van der Waals surface area contributed by atoms with Crippen LogP contribution in [0, 0.1) is 11.3 Å². The zero-order valence-electron chi connectivity index (χ0n) is 23.9. The molecule has 2 unspecified atom stereocenters. The summed E-state index contributed by atoms with van der Waals surface area (Å²) in [4.78, 5) is 52.4. The molecule has 1 aromatic rings. The number of nitrogens with one attached hydrogen (secondary N) is 3. The van der Waals surface area contributed by atoms with Crippen molar-refractivity contribution < 1.29 is 29.0 Å². The molecule has 1 heterocycles. The molecule has 3 amide bonds. The number of aromatic hydroxyl groups is 1. The van der Waals surface area contributed by atoms with Crippen molar-refractivity contribution in [1.29, 1.82) is 0 Å². The number of benzene rings is 1. The summed E-state index contributed by atoms with van der Waals surface area (Å²) in [5, 5.41) is 16.9. The van der Waals surface area contributed by atoms with Crippen LogP contribution in [0.5, 0.6) is 5.75 Å². The van der Waals surface area contributed by atoms with E-state index in [2.05, 4.69) is 16.1 Å². The summed E-state index contributed by atoms with van der Waals surface area (Å²) in [6, 6.07) is 3.90. The monoisotopic (exact) mass is 532 g/mol. The second-order valence-corrected chi connectivity index (χ2v) is 12.2. The number of phenolic OH excluding ortho intramolecular Hbond substituents is 1. The molecule has 1 fully saturated rings. The smallest absolute Gasteiger partial charge is 0.325 e. The van der Waals surface area contributed by atoms with E-state index in [1.807, 2.05) is 13.8 Å². The summed E-state index contributed by atoms with van der Waals surface area (Å²) in [6.07, 6.45) is 1.19. The fourth-order valence-electron chi connectivity index (χ4n) is 3.95. The number of hydrazine groups is 1. The van der Waals surface area contributed by atoms with Gasteiger partial charge >= 0.3 is 5.97 Å². The molecule has 0 aromatic heterocycles. The van der Waals surface area contributed by atoms with Gasteiger partial charge in [-0.1, -0.05) is 46.8 Å². The van der Waals surface area contributed by atoms with Gasteiger partial charge in [-0.3, -0.25) is 24.2 Å². The standard InChI is InChI=1S/C28H44N4O6/c1-17(2)22(30-26(37)27(3,4)5)23(34)29-21(16-18-11-9-12-19(33)15-18)24(35)32-14-10-13-20(31-32)25(36)38-28(6,7)8/h9,11-12,15,17,20-22,31,33H,10,13-14,16H2,1-8H3,(H,29,34)(H,30,37)/t20?,21-,22?/m0/s1. The van der Waals surface area contributed by atoms with Crippen molar-refractivity contribution in [1.82, 2.24) is 21.1 Å². The number of carbonyl (C=O) groups excluding carboxylic acids is 4. The summed E-state index contributed by atoms with van der Waals surface area (Å²) in [7, 11) is 0. The maximum atomic E-state index is 13.7. The molecule has 1 saturated heterocycles. The highest BCUT2D eigenvalue weighted by Crippen LogP contribution is 2.18. The quantitative estimate of drug-likeness (QED) is 0.378. The highest BCUT2D eigenvalue weighted by molar-refractivity contribution is 5.93. The summed E-state index contributed by atoms with van der Waals surface area (Å²) >= 11 is 0. The summed E-state index contributed by atoms with van der Waals surface area (Å²) in [6.45, 7) is 14.6. The Morgan fingerprint density at radius 2 is 1.76 bits per heavy atom. The third-order valence-corrected chi connectivity index (χ3v) is 6.03. The first-order chi connectivity index (χ1) is 17.5. The Hall–Kier alpha value is -3.14. The minimum atomic E-state index is -1.01. The third kappa shape index (κ3) is 9.31. The molecular formula is C28H44N4O6. The van der Waals surface area contributed by atoms with Crippen LogP contribution in [0.4, 0.5) is 0 Å². The van der Waals surface area contributed by atoms with Crippen LogP contribution in [0.2, 0.25) is 0 Å². The number of hydrogen-bond acceptors (Lipinski definition) is 7. The first-order valence-corrected chi connectivity index (χ1v) is 13.2. The molecule has 10 nitrogen and oxygen atoms in total. The van der Waals surface area contributed by atoms with Crippen molar-refractivity contribution in [2.45, 2.75) is 98.4 Å². The fraction of sp³-hybridized carbons (Fsp3) is 0.643. The van der Waals surface area contributed by atoms with Gasteiger partial charge in [-0.05, 0) is 57.2 Å². The zero-order valence-corrected chi connectivity index (χ0v) is 23.9. The Labute approximate surface area is 225 Å². The summed E-state index contributed by atoms with van der Waals surface area (Å²) < 4.78 is 5.48. The lowest BCUT2D eigenvalue weighted by atomic mass is 9.93. The molecule has 0 spiro atoms. The normalized spacial score (nSPS) is 17.9. The Morgan fingerprint density at radius 3 is 2.32 bits per heavy atom. The fourth-order valence-corrected chi connectivity index (χ4v) is 3.95. The van der Waals surface area contributed by atoms with Gasteiger partial charge < -0.3 is 20.5 Å². The first-order valence-electron chi connectivity index (χ1n) is 13.2. The Morgan fingerprint density at radius 1 is 1.11 bits per heavy atom. The highest BCUT2D eigenvalue weighted by Gasteiger charge is 2.36. The van der Waals surface area contributed by atoms with Crippen LogP contribution in [0.1, 0.15) is 73.8 Å². The van der Waals surface area contributed by atoms with E-state index in [1.165, 1.54) is 17.1 Å². The van der Waals surface area contributed by atoms with Crippen LogP contribution < -0.4 is 16.1 Å². The molecule has 0 radical (unpaired) electrons. The molecule has 2 rings (SSSR count). The van der Waals surface area contributed by atoms with E-state index in [0.29, 0.717) is 24.9 Å². The number of ether oxygens (including phenoxy) is 1. The van der Waals surface area contributed by atoms with Crippen molar-refractivity contribution >= 4 is 23.7 Å². The van der Waals surface area contributed by atoms with Crippen LogP contribution >= 0.6 is 0 Å². The number of amides is 3. The summed E-state index contributed by atoms with van der Waals surface area (Å²) in [5.74, 6) is -1.84. The van der Waals surface area contributed by atoms with E-state index in [9.17, 15) is 24.3 Å². The van der Waals surface area contributed by atoms with Gasteiger partial charge in [0, 0.05) is 18.4 Å². The maximum Gasteiger partial charge on any atom is 0.325 e. The predicted molar refractivity (Wildman–Crippen MR) is 144 cm³/mol. The number of nitrogens with zero attached hydrogens (tertiary/aromatic N) is 1.